The third-order valence-corrected chi connectivity index (χ3v) is 5.29. The van der Waals surface area contributed by atoms with Crippen LogP contribution in [0, 0.1) is 11.2 Å². The summed E-state index contributed by atoms with van der Waals surface area (Å²) in [5.41, 5.74) is 2.30. The van der Waals surface area contributed by atoms with Gasteiger partial charge in [-0.3, -0.25) is 0 Å². The van der Waals surface area contributed by atoms with Crippen molar-refractivity contribution >= 4 is 9.84 Å². The van der Waals surface area contributed by atoms with Gasteiger partial charge >= 0.3 is 0 Å². The summed E-state index contributed by atoms with van der Waals surface area (Å²) in [6.07, 6.45) is 3.15. The zero-order valence-electron chi connectivity index (χ0n) is 14.7. The van der Waals surface area contributed by atoms with Crippen LogP contribution in [0.15, 0.2) is 53.4 Å². The second kappa shape index (κ2) is 7.06. The molecule has 24 heavy (non-hydrogen) atoms. The molecule has 0 aromatic heterocycles. The molecule has 0 aliphatic heterocycles. The Morgan fingerprint density at radius 2 is 1.38 bits per heavy atom. The van der Waals surface area contributed by atoms with Crippen molar-refractivity contribution in [1.82, 2.24) is 0 Å². The lowest BCUT2D eigenvalue weighted by molar-refractivity contribution is 0.356. The topological polar surface area (TPSA) is 34.1 Å². The smallest absolute Gasteiger partial charge is 0.175 e. The highest BCUT2D eigenvalue weighted by atomic mass is 32.2. The van der Waals surface area contributed by atoms with Crippen molar-refractivity contribution in [3.8, 4) is 0 Å². The number of hydrogen-bond donors (Lipinski definition) is 0. The van der Waals surface area contributed by atoms with Crippen molar-refractivity contribution in [2.45, 2.75) is 44.4 Å². The van der Waals surface area contributed by atoms with E-state index in [4.69, 9.17) is 0 Å². The molecule has 0 saturated carbocycles. The van der Waals surface area contributed by atoms with Gasteiger partial charge in [0.05, 0.1) is 4.90 Å². The molecule has 1 unspecified atom stereocenters. The van der Waals surface area contributed by atoms with E-state index in [1.54, 1.807) is 12.1 Å². The molecule has 130 valence electrons. The third kappa shape index (κ3) is 5.17. The van der Waals surface area contributed by atoms with Crippen molar-refractivity contribution < 1.29 is 12.8 Å². The Morgan fingerprint density at radius 1 is 0.917 bits per heavy atom. The van der Waals surface area contributed by atoms with Crippen LogP contribution in [0.25, 0.3) is 0 Å². The SMILES string of the molecule is CC(C)(C)CCC(c1ccc(F)cc1)c1ccc(S(C)(=O)=O)cc1. The van der Waals surface area contributed by atoms with Gasteiger partial charge in [0.15, 0.2) is 9.84 Å². The van der Waals surface area contributed by atoms with Crippen molar-refractivity contribution in [2.24, 2.45) is 5.41 Å². The zero-order chi connectivity index (χ0) is 18.0. The Balaban J connectivity index is 2.36. The molecule has 1 atom stereocenters. The van der Waals surface area contributed by atoms with Crippen LogP contribution in [0.1, 0.15) is 50.7 Å². The summed E-state index contributed by atoms with van der Waals surface area (Å²) < 4.78 is 36.5. The van der Waals surface area contributed by atoms with Gasteiger partial charge in [0.2, 0.25) is 0 Å². The molecule has 2 rings (SSSR count). The minimum atomic E-state index is -3.20. The maximum Gasteiger partial charge on any atom is 0.175 e. The Hall–Kier alpha value is -1.68. The average molecular weight is 348 g/mol. The van der Waals surface area contributed by atoms with Crippen LogP contribution >= 0.6 is 0 Å². The van der Waals surface area contributed by atoms with E-state index in [2.05, 4.69) is 20.8 Å². The molecule has 0 bridgehead atoms. The molecule has 2 nitrogen and oxygen atoms in total. The van der Waals surface area contributed by atoms with E-state index >= 15 is 0 Å². The van der Waals surface area contributed by atoms with E-state index in [1.165, 1.54) is 18.4 Å². The van der Waals surface area contributed by atoms with E-state index in [0.29, 0.717) is 4.90 Å². The highest BCUT2D eigenvalue weighted by Gasteiger charge is 2.19. The molecule has 2 aromatic carbocycles. The van der Waals surface area contributed by atoms with Crippen molar-refractivity contribution in [1.29, 1.82) is 0 Å². The molecule has 0 radical (unpaired) electrons. The van der Waals surface area contributed by atoms with E-state index in [9.17, 15) is 12.8 Å². The predicted octanol–water partition coefficient (Wildman–Crippen LogP) is 5.19. The van der Waals surface area contributed by atoms with Crippen LogP contribution in [-0.2, 0) is 9.84 Å². The first-order chi connectivity index (χ1) is 11.1. The van der Waals surface area contributed by atoms with Crippen LogP contribution in [0.3, 0.4) is 0 Å². The fourth-order valence-corrected chi connectivity index (χ4v) is 3.38. The van der Waals surface area contributed by atoms with Gasteiger partial charge in [-0.2, -0.15) is 0 Å². The maximum atomic E-state index is 13.2. The van der Waals surface area contributed by atoms with E-state index in [-0.39, 0.29) is 17.2 Å². The van der Waals surface area contributed by atoms with Crippen LogP contribution < -0.4 is 0 Å². The maximum absolute atomic E-state index is 13.2. The number of benzene rings is 2. The van der Waals surface area contributed by atoms with Gasteiger partial charge in [0.25, 0.3) is 0 Å². The van der Waals surface area contributed by atoms with Gasteiger partial charge in [-0.25, -0.2) is 12.8 Å². The van der Waals surface area contributed by atoms with Gasteiger partial charge in [-0.15, -0.1) is 0 Å². The summed E-state index contributed by atoms with van der Waals surface area (Å²) in [5, 5.41) is 0. The van der Waals surface area contributed by atoms with Gasteiger partial charge in [-0.1, -0.05) is 45.0 Å². The second-order valence-corrected chi connectivity index (χ2v) is 9.56. The molecular formula is C20H25FO2S. The lowest BCUT2D eigenvalue weighted by atomic mass is 9.81. The van der Waals surface area contributed by atoms with Gasteiger partial charge < -0.3 is 0 Å². The Labute approximate surface area is 144 Å². The second-order valence-electron chi connectivity index (χ2n) is 7.54. The number of hydrogen-bond acceptors (Lipinski definition) is 2. The van der Waals surface area contributed by atoms with Gasteiger partial charge in [-0.05, 0) is 53.6 Å². The molecular weight excluding hydrogens is 323 g/mol. The molecule has 4 heteroatoms. The van der Waals surface area contributed by atoms with Crippen LogP contribution in [0.2, 0.25) is 0 Å². The first kappa shape index (κ1) is 18.7. The molecule has 0 saturated heterocycles. The largest absolute Gasteiger partial charge is 0.224 e. The molecule has 0 heterocycles. The Kier molecular flexibility index (Phi) is 5.49. The van der Waals surface area contributed by atoms with E-state index in [0.717, 1.165) is 24.0 Å². The fourth-order valence-electron chi connectivity index (χ4n) is 2.75. The molecule has 0 amide bonds. The van der Waals surface area contributed by atoms with Crippen LogP contribution in [0.5, 0.6) is 0 Å². The summed E-state index contributed by atoms with van der Waals surface area (Å²) in [5.74, 6) is -0.126. The lowest BCUT2D eigenvalue weighted by Gasteiger charge is -2.24. The Morgan fingerprint density at radius 3 is 1.79 bits per heavy atom. The van der Waals surface area contributed by atoms with Gasteiger partial charge in [0.1, 0.15) is 5.82 Å². The van der Waals surface area contributed by atoms with Crippen LogP contribution in [0.4, 0.5) is 4.39 Å². The van der Waals surface area contributed by atoms with Crippen molar-refractivity contribution in [3.05, 3.63) is 65.5 Å². The van der Waals surface area contributed by atoms with Gasteiger partial charge in [0, 0.05) is 12.2 Å². The normalized spacial score (nSPS) is 13.7. The first-order valence-corrected chi connectivity index (χ1v) is 10.0. The standard InChI is InChI=1S/C20H25FO2S/c1-20(2,3)14-13-19(15-5-9-17(21)10-6-15)16-7-11-18(12-8-16)24(4,22)23/h5-12,19H,13-14H2,1-4H3. The summed E-state index contributed by atoms with van der Waals surface area (Å²) in [4.78, 5) is 0.319. The summed E-state index contributed by atoms with van der Waals surface area (Å²) in [6.45, 7) is 6.59. The molecule has 0 N–H and O–H groups in total. The molecule has 0 fully saturated rings. The van der Waals surface area contributed by atoms with Crippen molar-refractivity contribution in [3.63, 3.8) is 0 Å². The minimum absolute atomic E-state index is 0.124. The quantitative estimate of drug-likeness (QED) is 0.745. The average Bonchev–Trinajstić information content (AvgIpc) is 2.48. The summed E-state index contributed by atoms with van der Waals surface area (Å²) in [7, 11) is -3.20. The molecule has 0 aliphatic rings. The van der Waals surface area contributed by atoms with E-state index < -0.39 is 9.84 Å². The molecule has 0 spiro atoms. The third-order valence-electron chi connectivity index (χ3n) is 4.17. The highest BCUT2D eigenvalue weighted by Crippen LogP contribution is 2.34. The minimum Gasteiger partial charge on any atom is -0.224 e. The van der Waals surface area contributed by atoms with Crippen LogP contribution in [-0.4, -0.2) is 14.7 Å². The molecule has 2 aromatic rings. The predicted molar refractivity (Wildman–Crippen MR) is 96.5 cm³/mol. The summed E-state index contributed by atoms with van der Waals surface area (Å²) in [6, 6.07) is 13.6. The number of halogens is 1. The van der Waals surface area contributed by atoms with E-state index in [1.807, 2.05) is 24.3 Å². The fraction of sp³-hybridized carbons (Fsp3) is 0.400. The zero-order valence-corrected chi connectivity index (χ0v) is 15.5. The first-order valence-electron chi connectivity index (χ1n) is 8.12. The molecule has 0 aliphatic carbocycles. The lowest BCUT2D eigenvalue weighted by Crippen LogP contribution is -2.10. The number of sulfone groups is 1. The summed E-state index contributed by atoms with van der Waals surface area (Å²) >= 11 is 0. The van der Waals surface area contributed by atoms with Crippen molar-refractivity contribution in [2.75, 3.05) is 6.26 Å². The Bertz CT molecular complexity index is 770. The number of rotatable bonds is 5. The highest BCUT2D eigenvalue weighted by molar-refractivity contribution is 7.90. The monoisotopic (exact) mass is 348 g/mol.